The van der Waals surface area contributed by atoms with Crippen molar-refractivity contribution >= 4 is 22.9 Å². The van der Waals surface area contributed by atoms with E-state index in [0.717, 1.165) is 19.3 Å². The van der Waals surface area contributed by atoms with Gasteiger partial charge in [-0.3, -0.25) is 0 Å². The van der Waals surface area contributed by atoms with Crippen LogP contribution in [0.15, 0.2) is 42.5 Å². The van der Waals surface area contributed by atoms with Crippen molar-refractivity contribution in [3.63, 3.8) is 0 Å². The van der Waals surface area contributed by atoms with E-state index in [1.807, 2.05) is 11.3 Å². The van der Waals surface area contributed by atoms with Crippen LogP contribution in [0.25, 0.3) is 0 Å². The normalized spacial score (nSPS) is 25.9. The second-order valence-electron chi connectivity index (χ2n) is 6.12. The van der Waals surface area contributed by atoms with Gasteiger partial charge in [0, 0.05) is 15.1 Å². The van der Waals surface area contributed by atoms with E-state index in [0.29, 0.717) is 17.2 Å². The maximum absolute atomic E-state index is 6.63. The molecule has 2 aromatic rings. The zero-order valence-corrected chi connectivity index (χ0v) is 14.2. The van der Waals surface area contributed by atoms with Gasteiger partial charge in [0.05, 0.1) is 0 Å². The van der Waals surface area contributed by atoms with Gasteiger partial charge >= 0.3 is 0 Å². The van der Waals surface area contributed by atoms with E-state index in [-0.39, 0.29) is 0 Å². The molecule has 0 saturated heterocycles. The third-order valence-electron chi connectivity index (χ3n) is 4.69. The SMILES string of the molecule is CCc1ccc(CC2CC(c3ccccc3)CCC2Cl)s1. The molecule has 21 heavy (non-hydrogen) atoms. The summed E-state index contributed by atoms with van der Waals surface area (Å²) < 4.78 is 0. The fourth-order valence-corrected chi connectivity index (χ4v) is 4.82. The molecule has 1 aromatic carbocycles. The van der Waals surface area contributed by atoms with Gasteiger partial charge in [-0.05, 0) is 61.6 Å². The van der Waals surface area contributed by atoms with E-state index < -0.39 is 0 Å². The predicted octanol–water partition coefficient (Wildman–Crippen LogP) is 6.04. The fourth-order valence-electron chi connectivity index (χ4n) is 3.45. The standard InChI is InChI=1S/C19H23ClS/c1-2-17-9-10-18(21-17)13-16-12-15(8-11-19(16)20)14-6-4-3-5-7-14/h3-7,9-10,15-16,19H,2,8,11-13H2,1H3. The van der Waals surface area contributed by atoms with Crippen molar-refractivity contribution in [2.24, 2.45) is 5.92 Å². The van der Waals surface area contributed by atoms with Crippen LogP contribution in [0.3, 0.4) is 0 Å². The topological polar surface area (TPSA) is 0 Å². The van der Waals surface area contributed by atoms with Crippen molar-refractivity contribution in [1.82, 2.24) is 0 Å². The maximum Gasteiger partial charge on any atom is 0.0368 e. The molecular formula is C19H23ClS. The molecule has 0 amide bonds. The Morgan fingerprint density at radius 2 is 1.81 bits per heavy atom. The molecule has 112 valence electrons. The minimum Gasteiger partial charge on any atom is -0.145 e. The number of benzene rings is 1. The Balaban J connectivity index is 1.69. The molecule has 1 aliphatic carbocycles. The van der Waals surface area contributed by atoms with Crippen molar-refractivity contribution in [2.75, 3.05) is 0 Å². The first-order valence-corrected chi connectivity index (χ1v) is 9.28. The lowest BCUT2D eigenvalue weighted by Crippen LogP contribution is -2.26. The van der Waals surface area contributed by atoms with E-state index in [1.165, 1.54) is 28.2 Å². The molecule has 0 bridgehead atoms. The van der Waals surface area contributed by atoms with Crippen LogP contribution < -0.4 is 0 Å². The van der Waals surface area contributed by atoms with Crippen LogP contribution in [0, 0.1) is 5.92 Å². The van der Waals surface area contributed by atoms with Gasteiger partial charge in [-0.2, -0.15) is 0 Å². The van der Waals surface area contributed by atoms with Gasteiger partial charge in [-0.15, -0.1) is 22.9 Å². The largest absolute Gasteiger partial charge is 0.145 e. The Morgan fingerprint density at radius 3 is 2.52 bits per heavy atom. The van der Waals surface area contributed by atoms with Crippen LogP contribution in [-0.2, 0) is 12.8 Å². The van der Waals surface area contributed by atoms with Gasteiger partial charge < -0.3 is 0 Å². The fraction of sp³-hybridized carbons (Fsp3) is 0.474. The molecule has 3 rings (SSSR count). The Bertz CT molecular complexity index is 560. The van der Waals surface area contributed by atoms with E-state index >= 15 is 0 Å². The van der Waals surface area contributed by atoms with E-state index in [4.69, 9.17) is 11.6 Å². The van der Waals surface area contributed by atoms with Crippen LogP contribution in [0.2, 0.25) is 0 Å². The summed E-state index contributed by atoms with van der Waals surface area (Å²) in [5.74, 6) is 1.31. The predicted molar refractivity (Wildman–Crippen MR) is 93.6 cm³/mol. The first-order chi connectivity index (χ1) is 10.3. The molecule has 3 unspecified atom stereocenters. The van der Waals surface area contributed by atoms with Crippen molar-refractivity contribution < 1.29 is 0 Å². The zero-order valence-electron chi connectivity index (χ0n) is 12.6. The van der Waals surface area contributed by atoms with Gasteiger partial charge in [0.2, 0.25) is 0 Å². The van der Waals surface area contributed by atoms with Crippen LogP contribution >= 0.6 is 22.9 Å². The summed E-state index contributed by atoms with van der Waals surface area (Å²) in [6.45, 7) is 2.23. The van der Waals surface area contributed by atoms with Gasteiger partial charge in [0.25, 0.3) is 0 Å². The number of hydrogen-bond acceptors (Lipinski definition) is 1. The highest BCUT2D eigenvalue weighted by Gasteiger charge is 2.30. The average molecular weight is 319 g/mol. The molecule has 0 radical (unpaired) electrons. The van der Waals surface area contributed by atoms with Gasteiger partial charge in [-0.25, -0.2) is 0 Å². The lowest BCUT2D eigenvalue weighted by atomic mass is 9.76. The van der Waals surface area contributed by atoms with Gasteiger partial charge in [0.1, 0.15) is 0 Å². The number of aryl methyl sites for hydroxylation is 1. The number of rotatable bonds is 4. The second kappa shape index (κ2) is 6.98. The molecule has 0 N–H and O–H groups in total. The molecule has 1 fully saturated rings. The number of hydrogen-bond donors (Lipinski definition) is 0. The highest BCUT2D eigenvalue weighted by atomic mass is 35.5. The average Bonchev–Trinajstić information content (AvgIpc) is 2.98. The lowest BCUT2D eigenvalue weighted by molar-refractivity contribution is 0.328. The molecule has 0 spiro atoms. The summed E-state index contributed by atoms with van der Waals surface area (Å²) in [6.07, 6.45) is 5.92. The first-order valence-electron chi connectivity index (χ1n) is 8.03. The van der Waals surface area contributed by atoms with Crippen molar-refractivity contribution in [2.45, 2.75) is 50.3 Å². The molecule has 0 nitrogen and oxygen atoms in total. The Kier molecular flexibility index (Phi) is 5.03. The van der Waals surface area contributed by atoms with Crippen LogP contribution in [-0.4, -0.2) is 5.38 Å². The first kappa shape index (κ1) is 15.1. The van der Waals surface area contributed by atoms with Crippen molar-refractivity contribution in [1.29, 1.82) is 0 Å². The number of alkyl halides is 1. The smallest absolute Gasteiger partial charge is 0.0368 e. The summed E-state index contributed by atoms with van der Waals surface area (Å²) in [5.41, 5.74) is 1.49. The van der Waals surface area contributed by atoms with Crippen LogP contribution in [0.4, 0.5) is 0 Å². The Hall–Kier alpha value is -0.790. The maximum atomic E-state index is 6.63. The minimum atomic E-state index is 0.345. The summed E-state index contributed by atoms with van der Waals surface area (Å²) in [6, 6.07) is 15.5. The van der Waals surface area contributed by atoms with E-state index in [2.05, 4.69) is 49.4 Å². The van der Waals surface area contributed by atoms with Crippen molar-refractivity contribution in [3.8, 4) is 0 Å². The molecule has 2 heteroatoms. The summed E-state index contributed by atoms with van der Waals surface area (Å²) in [5, 5.41) is 0.345. The number of halogens is 1. The Labute approximate surface area is 137 Å². The monoisotopic (exact) mass is 318 g/mol. The zero-order chi connectivity index (χ0) is 14.7. The molecule has 1 aromatic heterocycles. The van der Waals surface area contributed by atoms with Gasteiger partial charge in [0.15, 0.2) is 0 Å². The quantitative estimate of drug-likeness (QED) is 0.602. The van der Waals surface area contributed by atoms with Gasteiger partial charge in [-0.1, -0.05) is 37.3 Å². The third-order valence-corrected chi connectivity index (χ3v) is 6.52. The van der Waals surface area contributed by atoms with Crippen LogP contribution in [0.1, 0.15) is 47.4 Å². The summed E-state index contributed by atoms with van der Waals surface area (Å²) >= 11 is 8.60. The van der Waals surface area contributed by atoms with E-state index in [1.54, 1.807) is 0 Å². The van der Waals surface area contributed by atoms with Crippen molar-refractivity contribution in [3.05, 3.63) is 57.8 Å². The van der Waals surface area contributed by atoms with E-state index in [9.17, 15) is 0 Å². The molecule has 1 heterocycles. The Morgan fingerprint density at radius 1 is 1.05 bits per heavy atom. The number of thiophene rings is 1. The molecule has 3 atom stereocenters. The molecular weight excluding hydrogens is 296 g/mol. The highest BCUT2D eigenvalue weighted by Crippen LogP contribution is 2.40. The molecule has 1 aliphatic rings. The lowest BCUT2D eigenvalue weighted by Gasteiger charge is -2.33. The third kappa shape index (κ3) is 3.70. The molecule has 1 saturated carbocycles. The second-order valence-corrected chi connectivity index (χ2v) is 7.94. The summed E-state index contributed by atoms with van der Waals surface area (Å²) in [7, 11) is 0. The van der Waals surface area contributed by atoms with Crippen LogP contribution in [0.5, 0.6) is 0 Å². The molecule has 0 aliphatic heterocycles. The highest BCUT2D eigenvalue weighted by molar-refractivity contribution is 7.11. The minimum absolute atomic E-state index is 0.345. The summed E-state index contributed by atoms with van der Waals surface area (Å²) in [4.78, 5) is 3.00.